The number of hydrogen-bond acceptors (Lipinski definition) is 4. The monoisotopic (exact) mass is 394 g/mol. The Labute approximate surface area is 170 Å². The van der Waals surface area contributed by atoms with Gasteiger partial charge in [-0.15, -0.1) is 0 Å². The topological polar surface area (TPSA) is 85.2 Å². The number of nitrogens with one attached hydrogen (secondary N) is 2. The van der Waals surface area contributed by atoms with E-state index in [0.717, 1.165) is 16.9 Å². The Kier molecular flexibility index (Phi) is 6.49. The number of aryl methyl sites for hydroxylation is 1. The van der Waals surface area contributed by atoms with Gasteiger partial charge >= 0.3 is 0 Å². The molecule has 0 aliphatic heterocycles. The first kappa shape index (κ1) is 20.4. The smallest absolute Gasteiger partial charge is 0.258 e. The SMILES string of the molecule is CC(C)[C@H](NC(=O)COc1ccccc1)C(=O)NCc1nc2ccccc2n1C. The summed E-state index contributed by atoms with van der Waals surface area (Å²) < 4.78 is 7.40. The molecule has 0 fully saturated rings. The molecule has 29 heavy (non-hydrogen) atoms. The van der Waals surface area contributed by atoms with Crippen molar-refractivity contribution in [1.82, 2.24) is 20.2 Å². The van der Waals surface area contributed by atoms with Crippen LogP contribution in [0.25, 0.3) is 11.0 Å². The number of para-hydroxylation sites is 3. The summed E-state index contributed by atoms with van der Waals surface area (Å²) in [6, 6.07) is 16.2. The van der Waals surface area contributed by atoms with Crippen LogP contribution in [0.2, 0.25) is 0 Å². The molecule has 7 heteroatoms. The second kappa shape index (κ2) is 9.23. The highest BCUT2D eigenvalue weighted by Gasteiger charge is 2.24. The van der Waals surface area contributed by atoms with Crippen LogP contribution >= 0.6 is 0 Å². The molecule has 1 aromatic heterocycles. The van der Waals surface area contributed by atoms with Crippen molar-refractivity contribution in [2.45, 2.75) is 26.4 Å². The fourth-order valence-electron chi connectivity index (χ4n) is 3.05. The number of nitrogens with zero attached hydrogens (tertiary/aromatic N) is 2. The maximum Gasteiger partial charge on any atom is 0.258 e. The summed E-state index contributed by atoms with van der Waals surface area (Å²) >= 11 is 0. The number of carbonyl (C=O) groups is 2. The maximum absolute atomic E-state index is 12.7. The third-order valence-electron chi connectivity index (χ3n) is 4.68. The molecule has 152 valence electrons. The summed E-state index contributed by atoms with van der Waals surface area (Å²) in [6.07, 6.45) is 0. The predicted molar refractivity (Wildman–Crippen MR) is 111 cm³/mol. The average molecular weight is 394 g/mol. The van der Waals surface area contributed by atoms with Crippen LogP contribution in [0.4, 0.5) is 0 Å². The van der Waals surface area contributed by atoms with Crippen LogP contribution in [0.3, 0.4) is 0 Å². The van der Waals surface area contributed by atoms with Gasteiger partial charge in [-0.3, -0.25) is 9.59 Å². The zero-order valence-corrected chi connectivity index (χ0v) is 16.9. The predicted octanol–water partition coefficient (Wildman–Crippen LogP) is 2.41. The highest BCUT2D eigenvalue weighted by atomic mass is 16.5. The molecule has 7 nitrogen and oxygen atoms in total. The number of carbonyl (C=O) groups excluding carboxylic acids is 2. The lowest BCUT2D eigenvalue weighted by atomic mass is 10.0. The van der Waals surface area contributed by atoms with Gasteiger partial charge in [0.2, 0.25) is 5.91 Å². The molecule has 0 aliphatic rings. The molecule has 2 aromatic carbocycles. The van der Waals surface area contributed by atoms with Gasteiger partial charge in [-0.05, 0) is 30.2 Å². The quantitative estimate of drug-likeness (QED) is 0.614. The number of imidazole rings is 1. The van der Waals surface area contributed by atoms with Crippen molar-refractivity contribution in [2.75, 3.05) is 6.61 Å². The van der Waals surface area contributed by atoms with E-state index in [1.54, 1.807) is 12.1 Å². The van der Waals surface area contributed by atoms with Crippen molar-refractivity contribution in [2.24, 2.45) is 13.0 Å². The van der Waals surface area contributed by atoms with Gasteiger partial charge in [0, 0.05) is 7.05 Å². The van der Waals surface area contributed by atoms with Crippen LogP contribution in [-0.4, -0.2) is 34.0 Å². The molecule has 0 unspecified atom stereocenters. The Hall–Kier alpha value is -3.35. The van der Waals surface area contributed by atoms with E-state index in [0.29, 0.717) is 5.75 Å². The Balaban J connectivity index is 1.57. The normalized spacial score (nSPS) is 12.0. The lowest BCUT2D eigenvalue weighted by Crippen LogP contribution is -2.50. The van der Waals surface area contributed by atoms with E-state index < -0.39 is 6.04 Å². The Morgan fingerprint density at radius 1 is 1.07 bits per heavy atom. The van der Waals surface area contributed by atoms with Gasteiger partial charge in [0.25, 0.3) is 5.91 Å². The van der Waals surface area contributed by atoms with E-state index in [-0.39, 0.29) is 30.9 Å². The number of benzene rings is 2. The van der Waals surface area contributed by atoms with Crippen molar-refractivity contribution in [3.63, 3.8) is 0 Å². The first-order chi connectivity index (χ1) is 14.0. The molecule has 0 radical (unpaired) electrons. The number of hydrogen-bond donors (Lipinski definition) is 2. The van der Waals surface area contributed by atoms with Crippen molar-refractivity contribution < 1.29 is 14.3 Å². The minimum atomic E-state index is -0.656. The fraction of sp³-hybridized carbons (Fsp3) is 0.318. The number of ether oxygens (including phenoxy) is 1. The van der Waals surface area contributed by atoms with E-state index in [9.17, 15) is 9.59 Å². The summed E-state index contributed by atoms with van der Waals surface area (Å²) in [7, 11) is 1.92. The van der Waals surface area contributed by atoms with Crippen molar-refractivity contribution in [3.8, 4) is 5.75 Å². The second-order valence-corrected chi connectivity index (χ2v) is 7.18. The van der Waals surface area contributed by atoms with Crippen LogP contribution in [0.1, 0.15) is 19.7 Å². The van der Waals surface area contributed by atoms with Crippen LogP contribution in [0.15, 0.2) is 54.6 Å². The Morgan fingerprint density at radius 2 is 1.76 bits per heavy atom. The standard InChI is InChI=1S/C22H26N4O3/c1-15(2)21(25-20(27)14-29-16-9-5-4-6-10-16)22(28)23-13-19-24-17-11-7-8-12-18(17)26(19)3/h4-12,15,21H,13-14H2,1-3H3,(H,23,28)(H,25,27)/t21-/m0/s1. The molecule has 0 bridgehead atoms. The van der Waals surface area contributed by atoms with Gasteiger partial charge in [-0.1, -0.05) is 44.2 Å². The molecule has 2 N–H and O–H groups in total. The third kappa shape index (κ3) is 5.13. The van der Waals surface area contributed by atoms with E-state index >= 15 is 0 Å². The Bertz CT molecular complexity index is 982. The molecule has 0 saturated heterocycles. The van der Waals surface area contributed by atoms with Crippen LogP contribution < -0.4 is 15.4 Å². The van der Waals surface area contributed by atoms with Gasteiger partial charge in [0.05, 0.1) is 17.6 Å². The van der Waals surface area contributed by atoms with Gasteiger partial charge in [0.1, 0.15) is 17.6 Å². The molecule has 2 amide bonds. The Morgan fingerprint density at radius 3 is 2.45 bits per heavy atom. The molecular weight excluding hydrogens is 368 g/mol. The first-order valence-corrected chi connectivity index (χ1v) is 9.61. The lowest BCUT2D eigenvalue weighted by Gasteiger charge is -2.21. The average Bonchev–Trinajstić information content (AvgIpc) is 3.05. The minimum Gasteiger partial charge on any atom is -0.484 e. The second-order valence-electron chi connectivity index (χ2n) is 7.18. The zero-order valence-electron chi connectivity index (χ0n) is 16.9. The van der Waals surface area contributed by atoms with Gasteiger partial charge in [-0.25, -0.2) is 4.98 Å². The molecule has 3 aromatic rings. The fourth-order valence-corrected chi connectivity index (χ4v) is 3.05. The molecule has 1 atom stereocenters. The first-order valence-electron chi connectivity index (χ1n) is 9.61. The van der Waals surface area contributed by atoms with Gasteiger partial charge in [0.15, 0.2) is 6.61 Å². The summed E-state index contributed by atoms with van der Waals surface area (Å²) in [6.45, 7) is 3.91. The van der Waals surface area contributed by atoms with E-state index in [4.69, 9.17) is 4.74 Å². The molecule has 0 spiro atoms. The number of aromatic nitrogens is 2. The maximum atomic E-state index is 12.7. The van der Waals surface area contributed by atoms with Crippen LogP contribution in [-0.2, 0) is 23.2 Å². The lowest BCUT2D eigenvalue weighted by molar-refractivity contribution is -0.131. The third-order valence-corrected chi connectivity index (χ3v) is 4.68. The molecular formula is C22H26N4O3. The largest absolute Gasteiger partial charge is 0.484 e. The van der Waals surface area contributed by atoms with Crippen LogP contribution in [0.5, 0.6) is 5.75 Å². The van der Waals surface area contributed by atoms with Gasteiger partial charge in [-0.2, -0.15) is 0 Å². The van der Waals surface area contributed by atoms with Gasteiger partial charge < -0.3 is 19.9 Å². The summed E-state index contributed by atoms with van der Waals surface area (Å²) in [4.78, 5) is 29.5. The number of amides is 2. The van der Waals surface area contributed by atoms with Crippen molar-refractivity contribution in [3.05, 3.63) is 60.4 Å². The van der Waals surface area contributed by atoms with Crippen LogP contribution in [0, 0.1) is 5.92 Å². The van der Waals surface area contributed by atoms with Crippen molar-refractivity contribution >= 4 is 22.8 Å². The van der Waals surface area contributed by atoms with E-state index in [1.807, 2.05) is 67.9 Å². The molecule has 0 aliphatic carbocycles. The molecule has 3 rings (SSSR count). The van der Waals surface area contributed by atoms with E-state index in [1.165, 1.54) is 0 Å². The van der Waals surface area contributed by atoms with E-state index in [2.05, 4.69) is 15.6 Å². The highest BCUT2D eigenvalue weighted by molar-refractivity contribution is 5.88. The zero-order chi connectivity index (χ0) is 20.8. The molecule has 1 heterocycles. The number of fused-ring (bicyclic) bond motifs is 1. The van der Waals surface area contributed by atoms with Crippen molar-refractivity contribution in [1.29, 1.82) is 0 Å². The highest BCUT2D eigenvalue weighted by Crippen LogP contribution is 2.14. The summed E-state index contributed by atoms with van der Waals surface area (Å²) in [5.74, 6) is 0.692. The molecule has 0 saturated carbocycles. The minimum absolute atomic E-state index is 0.0730. The number of rotatable bonds is 8. The summed E-state index contributed by atoms with van der Waals surface area (Å²) in [5, 5.41) is 5.64. The summed E-state index contributed by atoms with van der Waals surface area (Å²) in [5.41, 5.74) is 1.88.